The molecule has 1 aliphatic heterocycles. The van der Waals surface area contributed by atoms with Crippen LogP contribution in [-0.4, -0.2) is 17.6 Å². The predicted octanol–water partition coefficient (Wildman–Crippen LogP) is 2.73. The fourth-order valence-corrected chi connectivity index (χ4v) is 3.14. The molecule has 0 saturated carbocycles. The number of fused-ring (bicyclic) bond motifs is 1. The van der Waals surface area contributed by atoms with Crippen LogP contribution in [0.4, 0.5) is 5.69 Å². The summed E-state index contributed by atoms with van der Waals surface area (Å²) < 4.78 is 0. The number of amides is 2. The van der Waals surface area contributed by atoms with Crippen molar-refractivity contribution in [2.24, 2.45) is 11.8 Å². The van der Waals surface area contributed by atoms with Gasteiger partial charge in [0.25, 0.3) is 0 Å². The van der Waals surface area contributed by atoms with Gasteiger partial charge in [0.1, 0.15) is 0 Å². The van der Waals surface area contributed by atoms with Crippen molar-refractivity contribution in [2.75, 3.05) is 4.90 Å². The van der Waals surface area contributed by atoms with Crippen LogP contribution in [0.15, 0.2) is 35.9 Å². The zero-order chi connectivity index (χ0) is 15.1. The number of anilines is 1. The Morgan fingerprint density at radius 1 is 1.10 bits per heavy atom. The van der Waals surface area contributed by atoms with Crippen LogP contribution in [0.3, 0.4) is 0 Å². The van der Waals surface area contributed by atoms with E-state index in [4.69, 9.17) is 0 Å². The number of allylic oxidation sites excluding steroid dienone is 2. The number of carbonyl (C=O) groups is 3. The maximum absolute atomic E-state index is 12.5. The number of imide groups is 1. The molecule has 2 aliphatic rings. The van der Waals surface area contributed by atoms with Gasteiger partial charge in [-0.15, -0.1) is 0 Å². The monoisotopic (exact) mass is 283 g/mol. The molecule has 1 fully saturated rings. The van der Waals surface area contributed by atoms with Gasteiger partial charge in [-0.3, -0.25) is 19.3 Å². The molecule has 2 atom stereocenters. The third-order valence-electron chi connectivity index (χ3n) is 4.36. The number of ketones is 1. The van der Waals surface area contributed by atoms with E-state index in [1.165, 1.54) is 17.4 Å². The van der Waals surface area contributed by atoms with Crippen molar-refractivity contribution in [3.8, 4) is 0 Å². The summed E-state index contributed by atoms with van der Waals surface area (Å²) in [7, 11) is 0. The van der Waals surface area contributed by atoms with Crippen molar-refractivity contribution in [3.63, 3.8) is 0 Å². The first-order valence-electron chi connectivity index (χ1n) is 7.13. The molecular weight excluding hydrogens is 266 g/mol. The Morgan fingerprint density at radius 2 is 1.71 bits per heavy atom. The molecule has 0 aromatic heterocycles. The fraction of sp³-hybridized carbons (Fsp3) is 0.353. The molecule has 0 unspecified atom stereocenters. The van der Waals surface area contributed by atoms with Gasteiger partial charge in [-0.05, 0) is 51.0 Å². The van der Waals surface area contributed by atoms with Crippen molar-refractivity contribution in [1.29, 1.82) is 0 Å². The Hall–Kier alpha value is -2.23. The fourth-order valence-electron chi connectivity index (χ4n) is 3.14. The molecule has 3 rings (SSSR count). The second kappa shape index (κ2) is 4.95. The van der Waals surface area contributed by atoms with E-state index in [0.29, 0.717) is 24.1 Å². The van der Waals surface area contributed by atoms with Crippen LogP contribution >= 0.6 is 0 Å². The third-order valence-corrected chi connectivity index (χ3v) is 4.36. The lowest BCUT2D eigenvalue weighted by Gasteiger charge is -2.18. The number of nitrogens with zero attached hydrogens (tertiary/aromatic N) is 1. The first-order chi connectivity index (χ1) is 9.99. The highest BCUT2D eigenvalue weighted by molar-refractivity contribution is 6.22. The number of carbonyl (C=O) groups excluding carboxylic acids is 3. The smallest absolute Gasteiger partial charge is 0.238 e. The van der Waals surface area contributed by atoms with Gasteiger partial charge in [0, 0.05) is 5.56 Å². The van der Waals surface area contributed by atoms with Gasteiger partial charge >= 0.3 is 0 Å². The van der Waals surface area contributed by atoms with E-state index in [1.54, 1.807) is 24.3 Å². The van der Waals surface area contributed by atoms with E-state index < -0.39 is 0 Å². The lowest BCUT2D eigenvalue weighted by molar-refractivity contribution is -0.122. The molecular formula is C17H17NO3. The zero-order valence-corrected chi connectivity index (χ0v) is 12.1. The average Bonchev–Trinajstić information content (AvgIpc) is 2.70. The second-order valence-electron chi connectivity index (χ2n) is 5.82. The van der Waals surface area contributed by atoms with Gasteiger partial charge in [-0.2, -0.15) is 0 Å². The number of rotatable bonds is 2. The van der Waals surface area contributed by atoms with Gasteiger partial charge < -0.3 is 0 Å². The summed E-state index contributed by atoms with van der Waals surface area (Å²) in [6.07, 6.45) is 3.36. The van der Waals surface area contributed by atoms with E-state index in [0.717, 1.165) is 0 Å². The van der Waals surface area contributed by atoms with Crippen LogP contribution in [0.5, 0.6) is 0 Å². The molecule has 1 aromatic rings. The topological polar surface area (TPSA) is 54.5 Å². The molecule has 2 amide bonds. The maximum Gasteiger partial charge on any atom is 0.238 e. The van der Waals surface area contributed by atoms with E-state index in [9.17, 15) is 14.4 Å². The van der Waals surface area contributed by atoms with Crippen molar-refractivity contribution in [2.45, 2.75) is 26.7 Å². The quantitative estimate of drug-likeness (QED) is 0.476. The molecule has 4 heteroatoms. The minimum Gasteiger partial charge on any atom is -0.295 e. The molecule has 1 aliphatic carbocycles. The number of hydrogen-bond donors (Lipinski definition) is 0. The van der Waals surface area contributed by atoms with Gasteiger partial charge in [-0.25, -0.2) is 0 Å². The largest absolute Gasteiger partial charge is 0.295 e. The SMILES string of the molecule is CC(=O)c1ccc(N2C(=O)[C@@H]3CC=C(C)C[C@H]3C2=O)cc1. The van der Waals surface area contributed by atoms with Gasteiger partial charge in [0.15, 0.2) is 5.78 Å². The normalized spacial score (nSPS) is 24.9. The predicted molar refractivity (Wildman–Crippen MR) is 78.9 cm³/mol. The molecule has 21 heavy (non-hydrogen) atoms. The summed E-state index contributed by atoms with van der Waals surface area (Å²) in [5.41, 5.74) is 2.31. The highest BCUT2D eigenvalue weighted by Gasteiger charge is 2.48. The summed E-state index contributed by atoms with van der Waals surface area (Å²) >= 11 is 0. The molecule has 0 radical (unpaired) electrons. The van der Waals surface area contributed by atoms with Crippen molar-refractivity contribution in [3.05, 3.63) is 41.5 Å². The van der Waals surface area contributed by atoms with Crippen LogP contribution in [0.2, 0.25) is 0 Å². The lowest BCUT2D eigenvalue weighted by atomic mass is 9.82. The van der Waals surface area contributed by atoms with E-state index >= 15 is 0 Å². The van der Waals surface area contributed by atoms with Crippen LogP contribution in [0, 0.1) is 11.8 Å². The molecule has 108 valence electrons. The van der Waals surface area contributed by atoms with E-state index in [-0.39, 0.29) is 29.4 Å². The first kappa shape index (κ1) is 13.7. The average molecular weight is 283 g/mol. The number of Topliss-reactive ketones (excluding diaryl/α,β-unsaturated/α-hetero) is 1. The van der Waals surface area contributed by atoms with E-state index in [2.05, 4.69) is 6.08 Å². The third kappa shape index (κ3) is 2.20. The number of benzene rings is 1. The van der Waals surface area contributed by atoms with Crippen molar-refractivity contribution >= 4 is 23.3 Å². The first-order valence-corrected chi connectivity index (χ1v) is 7.13. The minimum absolute atomic E-state index is 0.0332. The van der Waals surface area contributed by atoms with Crippen molar-refractivity contribution in [1.82, 2.24) is 0 Å². The van der Waals surface area contributed by atoms with Gasteiger partial charge in [0.2, 0.25) is 11.8 Å². The standard InChI is InChI=1S/C17H17NO3/c1-10-3-8-14-15(9-10)17(21)18(16(14)20)13-6-4-12(5-7-13)11(2)19/h3-7,14-15H,8-9H2,1-2H3/t14-,15-/m1/s1. The lowest BCUT2D eigenvalue weighted by Crippen LogP contribution is -2.30. The van der Waals surface area contributed by atoms with Crippen molar-refractivity contribution < 1.29 is 14.4 Å². The maximum atomic E-state index is 12.5. The molecule has 0 N–H and O–H groups in total. The summed E-state index contributed by atoms with van der Waals surface area (Å²) in [6, 6.07) is 6.65. The van der Waals surface area contributed by atoms with Gasteiger partial charge in [0.05, 0.1) is 17.5 Å². The summed E-state index contributed by atoms with van der Waals surface area (Å²) in [5.74, 6) is -0.727. The van der Waals surface area contributed by atoms with Crippen LogP contribution in [0.1, 0.15) is 37.0 Å². The Morgan fingerprint density at radius 3 is 2.33 bits per heavy atom. The van der Waals surface area contributed by atoms with Crippen LogP contribution in [-0.2, 0) is 9.59 Å². The molecule has 1 saturated heterocycles. The Labute approximate surface area is 123 Å². The minimum atomic E-state index is -0.228. The Balaban J connectivity index is 1.91. The molecule has 0 bridgehead atoms. The zero-order valence-electron chi connectivity index (χ0n) is 12.1. The molecule has 1 aromatic carbocycles. The molecule has 4 nitrogen and oxygen atoms in total. The highest BCUT2D eigenvalue weighted by atomic mass is 16.2. The molecule has 1 heterocycles. The Kier molecular flexibility index (Phi) is 3.24. The Bertz CT molecular complexity index is 657. The van der Waals surface area contributed by atoms with Crippen LogP contribution < -0.4 is 4.90 Å². The summed E-state index contributed by atoms with van der Waals surface area (Å²) in [6.45, 7) is 3.49. The van der Waals surface area contributed by atoms with Gasteiger partial charge in [-0.1, -0.05) is 11.6 Å². The summed E-state index contributed by atoms with van der Waals surface area (Å²) in [5, 5.41) is 0. The highest BCUT2D eigenvalue weighted by Crippen LogP contribution is 2.39. The van der Waals surface area contributed by atoms with E-state index in [1.807, 2.05) is 6.92 Å². The number of hydrogen-bond acceptors (Lipinski definition) is 3. The van der Waals surface area contributed by atoms with Crippen LogP contribution in [0.25, 0.3) is 0 Å². The summed E-state index contributed by atoms with van der Waals surface area (Å²) in [4.78, 5) is 37.6. The second-order valence-corrected chi connectivity index (χ2v) is 5.82. The molecule has 0 spiro atoms.